The molecule has 21 heavy (non-hydrogen) atoms. The van der Waals surface area contributed by atoms with Crippen LogP contribution >= 0.6 is 0 Å². The minimum Gasteiger partial charge on any atom is -0.478 e. The molecule has 1 aliphatic carbocycles. The van der Waals surface area contributed by atoms with Crippen LogP contribution in [-0.2, 0) is 4.74 Å². The van der Waals surface area contributed by atoms with Crippen LogP contribution in [0.1, 0.15) is 43.0 Å². The molecule has 0 saturated heterocycles. The summed E-state index contributed by atoms with van der Waals surface area (Å²) in [5.74, 6) is -0.951. The Morgan fingerprint density at radius 3 is 2.81 bits per heavy atom. The Kier molecular flexibility index (Phi) is 5.07. The van der Waals surface area contributed by atoms with E-state index in [0.29, 0.717) is 17.8 Å². The Hall–Kier alpha value is -1.75. The molecule has 1 aromatic rings. The Balaban J connectivity index is 2.22. The highest BCUT2D eigenvalue weighted by Crippen LogP contribution is 2.32. The molecule has 5 heteroatoms. The van der Waals surface area contributed by atoms with Crippen molar-refractivity contribution < 1.29 is 14.6 Å². The van der Waals surface area contributed by atoms with Crippen molar-refractivity contribution in [2.45, 2.75) is 44.8 Å². The Bertz CT molecular complexity index is 504. The molecule has 1 aromatic carbocycles. The maximum absolute atomic E-state index is 11.0. The zero-order chi connectivity index (χ0) is 15.4. The maximum Gasteiger partial charge on any atom is 0.335 e. The number of hydrogen-bond acceptors (Lipinski definition) is 4. The number of carboxylic acid groups (broad SMARTS) is 1. The lowest BCUT2D eigenvalue weighted by Gasteiger charge is -2.38. The van der Waals surface area contributed by atoms with Crippen molar-refractivity contribution in [3.05, 3.63) is 23.8 Å². The lowest BCUT2D eigenvalue weighted by Crippen LogP contribution is -2.41. The molecule has 1 aliphatic rings. The van der Waals surface area contributed by atoms with Gasteiger partial charge in [-0.05, 0) is 50.8 Å². The van der Waals surface area contributed by atoms with E-state index in [1.165, 1.54) is 6.07 Å². The summed E-state index contributed by atoms with van der Waals surface area (Å²) in [5, 5.41) is 9.03. The third-order valence-electron chi connectivity index (χ3n) is 4.30. The van der Waals surface area contributed by atoms with Crippen LogP contribution < -0.4 is 10.6 Å². The standard InChI is InChI=1S/C16H24N2O3/c1-3-18(12-5-4-6-13(10-12)21-2)15-8-7-11(16(19)20)9-14(15)17/h7-9,12-13H,3-6,10,17H2,1-2H3,(H,19,20). The van der Waals surface area contributed by atoms with Crippen LogP contribution in [0.3, 0.4) is 0 Å². The normalized spacial score (nSPS) is 22.0. The van der Waals surface area contributed by atoms with Crippen LogP contribution in [-0.4, -0.2) is 36.9 Å². The summed E-state index contributed by atoms with van der Waals surface area (Å²) in [6, 6.07) is 5.37. The maximum atomic E-state index is 11.0. The van der Waals surface area contributed by atoms with E-state index in [4.69, 9.17) is 15.6 Å². The van der Waals surface area contributed by atoms with Gasteiger partial charge in [-0.25, -0.2) is 4.79 Å². The summed E-state index contributed by atoms with van der Waals surface area (Å²) in [6.45, 7) is 2.94. The molecule has 0 heterocycles. The average molecular weight is 292 g/mol. The topological polar surface area (TPSA) is 75.8 Å². The zero-order valence-corrected chi connectivity index (χ0v) is 12.7. The molecule has 5 nitrogen and oxygen atoms in total. The van der Waals surface area contributed by atoms with Crippen LogP contribution in [0.5, 0.6) is 0 Å². The van der Waals surface area contributed by atoms with E-state index < -0.39 is 5.97 Å². The fourth-order valence-corrected chi connectivity index (χ4v) is 3.19. The Morgan fingerprint density at radius 2 is 2.24 bits per heavy atom. The number of rotatable bonds is 5. The largest absolute Gasteiger partial charge is 0.478 e. The van der Waals surface area contributed by atoms with Gasteiger partial charge in [0.1, 0.15) is 0 Å². The third kappa shape index (κ3) is 3.47. The number of anilines is 2. The molecular weight excluding hydrogens is 268 g/mol. The van der Waals surface area contributed by atoms with Crippen molar-refractivity contribution in [2.75, 3.05) is 24.3 Å². The second kappa shape index (κ2) is 6.80. The minimum atomic E-state index is -0.951. The predicted octanol–water partition coefficient (Wildman–Crippen LogP) is 2.75. The molecule has 2 atom stereocenters. The minimum absolute atomic E-state index is 0.228. The van der Waals surface area contributed by atoms with Gasteiger partial charge >= 0.3 is 5.97 Å². The van der Waals surface area contributed by atoms with Gasteiger partial charge in [0.05, 0.1) is 23.0 Å². The molecule has 0 radical (unpaired) electrons. The van der Waals surface area contributed by atoms with Crippen molar-refractivity contribution in [1.82, 2.24) is 0 Å². The Morgan fingerprint density at radius 1 is 1.48 bits per heavy atom. The summed E-state index contributed by atoms with van der Waals surface area (Å²) in [5.41, 5.74) is 7.75. The predicted molar refractivity (Wildman–Crippen MR) is 83.9 cm³/mol. The van der Waals surface area contributed by atoms with E-state index in [1.807, 2.05) is 6.07 Å². The highest BCUT2D eigenvalue weighted by Gasteiger charge is 2.27. The van der Waals surface area contributed by atoms with Crippen LogP contribution in [0.25, 0.3) is 0 Å². The smallest absolute Gasteiger partial charge is 0.335 e. The van der Waals surface area contributed by atoms with E-state index >= 15 is 0 Å². The lowest BCUT2D eigenvalue weighted by molar-refractivity contribution is 0.0632. The number of nitrogen functional groups attached to an aromatic ring is 1. The fraction of sp³-hybridized carbons (Fsp3) is 0.562. The number of nitrogens with zero attached hydrogens (tertiary/aromatic N) is 1. The van der Waals surface area contributed by atoms with Crippen molar-refractivity contribution in [1.29, 1.82) is 0 Å². The first-order valence-electron chi connectivity index (χ1n) is 7.49. The molecule has 0 aromatic heterocycles. The number of carbonyl (C=O) groups is 1. The number of ether oxygens (including phenoxy) is 1. The van der Waals surface area contributed by atoms with Crippen molar-refractivity contribution in [3.63, 3.8) is 0 Å². The molecular formula is C16H24N2O3. The van der Waals surface area contributed by atoms with Gasteiger partial charge in [0.2, 0.25) is 0 Å². The van der Waals surface area contributed by atoms with Crippen LogP contribution in [0, 0.1) is 0 Å². The first-order valence-corrected chi connectivity index (χ1v) is 7.49. The van der Waals surface area contributed by atoms with Gasteiger partial charge in [-0.2, -0.15) is 0 Å². The van der Waals surface area contributed by atoms with Gasteiger partial charge in [-0.15, -0.1) is 0 Å². The molecule has 0 amide bonds. The van der Waals surface area contributed by atoms with E-state index in [-0.39, 0.29) is 5.56 Å². The monoisotopic (exact) mass is 292 g/mol. The van der Waals surface area contributed by atoms with Gasteiger partial charge in [-0.3, -0.25) is 0 Å². The summed E-state index contributed by atoms with van der Waals surface area (Å²) >= 11 is 0. The number of benzene rings is 1. The average Bonchev–Trinajstić information content (AvgIpc) is 2.49. The van der Waals surface area contributed by atoms with Gasteiger partial charge in [0.25, 0.3) is 0 Å². The van der Waals surface area contributed by atoms with Gasteiger partial charge in [0, 0.05) is 19.7 Å². The SMILES string of the molecule is CCN(c1ccc(C(=O)O)cc1N)C1CCCC(OC)C1. The number of aromatic carboxylic acids is 1. The molecule has 116 valence electrons. The quantitative estimate of drug-likeness (QED) is 0.816. The summed E-state index contributed by atoms with van der Waals surface area (Å²) in [4.78, 5) is 13.3. The number of hydrogen-bond donors (Lipinski definition) is 2. The van der Waals surface area contributed by atoms with Gasteiger partial charge in [-0.1, -0.05) is 0 Å². The molecule has 3 N–H and O–H groups in total. The molecule has 0 spiro atoms. The van der Waals surface area contributed by atoms with E-state index in [2.05, 4.69) is 11.8 Å². The van der Waals surface area contributed by atoms with Gasteiger partial charge in [0.15, 0.2) is 0 Å². The van der Waals surface area contributed by atoms with E-state index in [1.54, 1.807) is 13.2 Å². The van der Waals surface area contributed by atoms with Crippen molar-refractivity contribution in [2.24, 2.45) is 0 Å². The highest BCUT2D eigenvalue weighted by atomic mass is 16.5. The zero-order valence-electron chi connectivity index (χ0n) is 12.7. The number of methoxy groups -OCH3 is 1. The second-order valence-electron chi connectivity index (χ2n) is 5.54. The molecule has 0 bridgehead atoms. The lowest BCUT2D eigenvalue weighted by atomic mass is 9.91. The second-order valence-corrected chi connectivity index (χ2v) is 5.54. The fourth-order valence-electron chi connectivity index (χ4n) is 3.19. The molecule has 2 unspecified atom stereocenters. The molecule has 0 aliphatic heterocycles. The Labute approximate surface area is 125 Å². The number of nitrogens with two attached hydrogens (primary N) is 1. The van der Waals surface area contributed by atoms with E-state index in [0.717, 1.165) is 37.9 Å². The van der Waals surface area contributed by atoms with Gasteiger partial charge < -0.3 is 20.5 Å². The third-order valence-corrected chi connectivity index (χ3v) is 4.30. The van der Waals surface area contributed by atoms with Crippen molar-refractivity contribution in [3.8, 4) is 0 Å². The van der Waals surface area contributed by atoms with Crippen LogP contribution in [0.2, 0.25) is 0 Å². The van der Waals surface area contributed by atoms with Crippen molar-refractivity contribution >= 4 is 17.3 Å². The molecule has 1 saturated carbocycles. The van der Waals surface area contributed by atoms with Crippen LogP contribution in [0.15, 0.2) is 18.2 Å². The summed E-state index contributed by atoms with van der Waals surface area (Å²) < 4.78 is 5.50. The molecule has 2 rings (SSSR count). The highest BCUT2D eigenvalue weighted by molar-refractivity contribution is 5.90. The molecule has 1 fully saturated rings. The first-order chi connectivity index (χ1) is 10.1. The van der Waals surface area contributed by atoms with Crippen LogP contribution in [0.4, 0.5) is 11.4 Å². The summed E-state index contributed by atoms with van der Waals surface area (Å²) in [6.07, 6.45) is 4.67. The van der Waals surface area contributed by atoms with E-state index in [9.17, 15) is 4.79 Å². The summed E-state index contributed by atoms with van der Waals surface area (Å²) in [7, 11) is 1.76. The first kappa shape index (κ1) is 15.6. The number of carboxylic acids is 1.